The quantitative estimate of drug-likeness (QED) is 0.0947. The Morgan fingerprint density at radius 2 is 0.647 bits per heavy atom. The van der Waals surface area contributed by atoms with E-state index in [4.69, 9.17) is 20.4 Å². The second kappa shape index (κ2) is 18.1. The third-order valence-electron chi connectivity index (χ3n) is 3.83. The van der Waals surface area contributed by atoms with E-state index in [1.807, 2.05) is 0 Å². The van der Waals surface area contributed by atoms with Crippen LogP contribution in [0.3, 0.4) is 0 Å². The van der Waals surface area contributed by atoms with Gasteiger partial charge in [0.15, 0.2) is 0 Å². The van der Waals surface area contributed by atoms with Crippen LogP contribution in [0, 0.1) is 0 Å². The molecule has 0 aliphatic carbocycles. The number of nitrogens with zero attached hydrogens (tertiary/aromatic N) is 2. The lowest BCUT2D eigenvalue weighted by Gasteiger charge is -2.26. The van der Waals surface area contributed by atoms with Gasteiger partial charge in [-0.2, -0.15) is 0 Å². The first kappa shape index (κ1) is 30.7. The number of amides is 6. The predicted molar refractivity (Wildman–Crippen MR) is 114 cm³/mol. The average Bonchev–Trinajstić information content (AvgIpc) is 2.81. The smallest absolute Gasteiger partial charge is 0.313 e. The Balaban J connectivity index is 5.61. The number of hydrogen-bond acceptors (Lipinski definition) is 10. The van der Waals surface area contributed by atoms with E-state index in [9.17, 15) is 28.8 Å². The van der Waals surface area contributed by atoms with Crippen molar-refractivity contribution >= 4 is 35.4 Å². The van der Waals surface area contributed by atoms with E-state index in [0.29, 0.717) is 9.80 Å². The Labute approximate surface area is 195 Å². The van der Waals surface area contributed by atoms with Gasteiger partial charge in [-0.1, -0.05) is 0 Å². The summed E-state index contributed by atoms with van der Waals surface area (Å²) in [4.78, 5) is 74.8. The molecule has 0 bridgehead atoms. The zero-order valence-electron chi connectivity index (χ0n) is 18.6. The third kappa shape index (κ3) is 13.3. The Bertz CT molecular complexity index is 603. The standard InChI is InChI=1S/C18H32N6O10/c25-5-1-19-13(29)9-23(10-14(30)20-2-6-26)17(33)18(34)24(11-15(31)21-3-7-27)12-16(32)22-4-8-28/h25-28H,1-12H2,(H,19,29)(H,20,30)(H,21,31)(H,22,32). The van der Waals surface area contributed by atoms with Crippen LogP contribution in [0.4, 0.5) is 0 Å². The highest BCUT2D eigenvalue weighted by Crippen LogP contribution is 1.99. The van der Waals surface area contributed by atoms with Crippen molar-refractivity contribution in [2.75, 3.05) is 78.8 Å². The lowest BCUT2D eigenvalue weighted by atomic mass is 10.3. The number of nitrogens with one attached hydrogen (secondary N) is 4. The van der Waals surface area contributed by atoms with E-state index < -0.39 is 88.0 Å². The Kier molecular flexibility index (Phi) is 16.3. The van der Waals surface area contributed by atoms with Gasteiger partial charge in [-0.15, -0.1) is 0 Å². The summed E-state index contributed by atoms with van der Waals surface area (Å²) in [6.45, 7) is -5.16. The molecule has 0 heterocycles. The highest BCUT2D eigenvalue weighted by molar-refractivity contribution is 6.36. The van der Waals surface area contributed by atoms with Gasteiger partial charge in [0, 0.05) is 26.2 Å². The van der Waals surface area contributed by atoms with E-state index in [1.165, 1.54) is 0 Å². The molecule has 0 fully saturated rings. The van der Waals surface area contributed by atoms with Crippen LogP contribution >= 0.6 is 0 Å². The summed E-state index contributed by atoms with van der Waals surface area (Å²) in [5.41, 5.74) is 0. The maximum absolute atomic E-state index is 12.8. The van der Waals surface area contributed by atoms with Gasteiger partial charge in [-0.25, -0.2) is 0 Å². The van der Waals surface area contributed by atoms with Crippen LogP contribution in [-0.4, -0.2) is 144 Å². The molecule has 0 radical (unpaired) electrons. The van der Waals surface area contributed by atoms with Crippen LogP contribution in [-0.2, 0) is 28.8 Å². The summed E-state index contributed by atoms with van der Waals surface area (Å²) in [5.74, 6) is -5.92. The van der Waals surface area contributed by atoms with Crippen LogP contribution < -0.4 is 21.3 Å². The fourth-order valence-electron chi connectivity index (χ4n) is 2.37. The van der Waals surface area contributed by atoms with Gasteiger partial charge < -0.3 is 51.5 Å². The van der Waals surface area contributed by atoms with Gasteiger partial charge in [0.2, 0.25) is 23.6 Å². The van der Waals surface area contributed by atoms with Gasteiger partial charge in [0.25, 0.3) is 0 Å². The van der Waals surface area contributed by atoms with Crippen molar-refractivity contribution in [3.63, 3.8) is 0 Å². The Hall–Kier alpha value is -3.34. The molecule has 0 aromatic heterocycles. The third-order valence-corrected chi connectivity index (χ3v) is 3.83. The molecule has 194 valence electrons. The molecule has 8 N–H and O–H groups in total. The molecule has 0 saturated heterocycles. The van der Waals surface area contributed by atoms with Crippen molar-refractivity contribution in [3.05, 3.63) is 0 Å². The monoisotopic (exact) mass is 492 g/mol. The van der Waals surface area contributed by atoms with Gasteiger partial charge >= 0.3 is 11.8 Å². The van der Waals surface area contributed by atoms with Crippen molar-refractivity contribution < 1.29 is 49.2 Å². The Morgan fingerprint density at radius 3 is 0.824 bits per heavy atom. The van der Waals surface area contributed by atoms with E-state index in [-0.39, 0.29) is 26.2 Å². The lowest BCUT2D eigenvalue weighted by Crippen LogP contribution is -2.54. The minimum atomic E-state index is -1.37. The fraction of sp³-hybridized carbons (Fsp3) is 0.667. The molecule has 0 atom stereocenters. The molecule has 34 heavy (non-hydrogen) atoms. The molecule has 0 aromatic rings. The van der Waals surface area contributed by atoms with E-state index in [0.717, 1.165) is 0 Å². The molecular formula is C18H32N6O10. The number of carbonyl (C=O) groups is 6. The molecule has 6 amide bonds. The normalized spacial score (nSPS) is 10.1. The minimum absolute atomic E-state index is 0.145. The summed E-state index contributed by atoms with van der Waals surface area (Å²) in [5, 5.41) is 44.2. The minimum Gasteiger partial charge on any atom is -0.395 e. The SMILES string of the molecule is O=C(CN(CC(=O)NCCO)C(=O)C(=O)N(CC(=O)NCCO)CC(=O)NCCO)NCCO. The van der Waals surface area contributed by atoms with Crippen molar-refractivity contribution in [1.82, 2.24) is 31.1 Å². The highest BCUT2D eigenvalue weighted by Gasteiger charge is 2.31. The van der Waals surface area contributed by atoms with E-state index >= 15 is 0 Å². The molecule has 0 saturated carbocycles. The van der Waals surface area contributed by atoms with E-state index in [1.54, 1.807) is 0 Å². The zero-order chi connectivity index (χ0) is 25.9. The van der Waals surface area contributed by atoms with Gasteiger partial charge in [-0.05, 0) is 0 Å². The molecule has 0 spiro atoms. The topological polar surface area (TPSA) is 238 Å². The zero-order valence-corrected chi connectivity index (χ0v) is 18.6. The van der Waals surface area contributed by atoms with Crippen molar-refractivity contribution in [2.45, 2.75) is 0 Å². The highest BCUT2D eigenvalue weighted by atomic mass is 16.3. The maximum Gasteiger partial charge on any atom is 0.313 e. The van der Waals surface area contributed by atoms with Crippen LogP contribution in [0.1, 0.15) is 0 Å². The van der Waals surface area contributed by atoms with Crippen LogP contribution in [0.2, 0.25) is 0 Å². The molecule has 0 aromatic carbocycles. The number of hydrogen-bond donors (Lipinski definition) is 8. The molecule has 0 rings (SSSR count). The van der Waals surface area contributed by atoms with Crippen molar-refractivity contribution in [2.24, 2.45) is 0 Å². The summed E-state index contributed by atoms with van der Waals surface area (Å²) >= 11 is 0. The molecule has 0 aliphatic rings. The second-order valence-electron chi connectivity index (χ2n) is 6.62. The first-order valence-corrected chi connectivity index (χ1v) is 10.3. The van der Waals surface area contributed by atoms with Crippen molar-refractivity contribution in [1.29, 1.82) is 0 Å². The first-order valence-electron chi connectivity index (χ1n) is 10.3. The lowest BCUT2D eigenvalue weighted by molar-refractivity contribution is -0.155. The predicted octanol–water partition coefficient (Wildman–Crippen LogP) is -6.92. The molecule has 0 aliphatic heterocycles. The first-order chi connectivity index (χ1) is 16.2. The molecule has 16 nitrogen and oxygen atoms in total. The summed E-state index contributed by atoms with van der Waals surface area (Å²) in [6, 6.07) is 0. The van der Waals surface area contributed by atoms with Crippen molar-refractivity contribution in [3.8, 4) is 0 Å². The molecule has 16 heteroatoms. The Morgan fingerprint density at radius 1 is 0.441 bits per heavy atom. The summed E-state index contributed by atoms with van der Waals surface area (Å²) < 4.78 is 0. The summed E-state index contributed by atoms with van der Waals surface area (Å²) in [7, 11) is 0. The number of aliphatic hydroxyl groups excluding tert-OH is 4. The van der Waals surface area contributed by atoms with Gasteiger partial charge in [0.05, 0.1) is 26.4 Å². The second-order valence-corrected chi connectivity index (χ2v) is 6.62. The molecular weight excluding hydrogens is 460 g/mol. The largest absolute Gasteiger partial charge is 0.395 e. The van der Waals surface area contributed by atoms with Crippen LogP contribution in [0.25, 0.3) is 0 Å². The molecule has 0 unspecified atom stereocenters. The van der Waals surface area contributed by atoms with Crippen LogP contribution in [0.5, 0.6) is 0 Å². The number of rotatable bonds is 16. The average molecular weight is 492 g/mol. The maximum atomic E-state index is 12.8. The number of carbonyl (C=O) groups excluding carboxylic acids is 6. The van der Waals surface area contributed by atoms with Crippen LogP contribution in [0.15, 0.2) is 0 Å². The number of aliphatic hydroxyl groups is 4. The summed E-state index contributed by atoms with van der Waals surface area (Å²) in [6.07, 6.45) is 0. The van der Waals surface area contributed by atoms with Gasteiger partial charge in [-0.3, -0.25) is 28.8 Å². The fourth-order valence-corrected chi connectivity index (χ4v) is 2.37. The van der Waals surface area contributed by atoms with Gasteiger partial charge in [0.1, 0.15) is 26.2 Å². The van der Waals surface area contributed by atoms with E-state index in [2.05, 4.69) is 21.3 Å².